The van der Waals surface area contributed by atoms with E-state index in [-0.39, 0.29) is 20.2 Å². The molecule has 23 heavy (non-hydrogen) atoms. The number of pyridine rings is 1. The van der Waals surface area contributed by atoms with Crippen molar-refractivity contribution in [3.8, 4) is 0 Å². The summed E-state index contributed by atoms with van der Waals surface area (Å²) in [5.41, 5.74) is -1.24. The average molecular weight is 399 g/mol. The molecular formula is C12H4Cl4FN3O3. The zero-order valence-electron chi connectivity index (χ0n) is 10.7. The first-order valence-electron chi connectivity index (χ1n) is 5.67. The fraction of sp³-hybridized carbons (Fsp3) is 0. The van der Waals surface area contributed by atoms with Gasteiger partial charge in [-0.2, -0.15) is 0 Å². The highest BCUT2D eigenvalue weighted by molar-refractivity contribution is 6.52. The van der Waals surface area contributed by atoms with Gasteiger partial charge in [0, 0.05) is 12.1 Å². The largest absolute Gasteiger partial charge is 0.318 e. The number of nitrogens with one attached hydrogen (secondary N) is 1. The van der Waals surface area contributed by atoms with Crippen molar-refractivity contribution in [3.63, 3.8) is 0 Å². The van der Waals surface area contributed by atoms with Crippen LogP contribution in [-0.2, 0) is 0 Å². The second-order valence-corrected chi connectivity index (χ2v) is 5.56. The summed E-state index contributed by atoms with van der Waals surface area (Å²) in [7, 11) is 0. The average Bonchev–Trinajstić information content (AvgIpc) is 2.50. The molecule has 11 heteroatoms. The molecule has 0 atom stereocenters. The van der Waals surface area contributed by atoms with Crippen LogP contribution in [0.25, 0.3) is 0 Å². The molecule has 0 fully saturated rings. The van der Waals surface area contributed by atoms with Crippen LogP contribution in [0.5, 0.6) is 0 Å². The van der Waals surface area contributed by atoms with Crippen LogP contribution >= 0.6 is 46.4 Å². The van der Waals surface area contributed by atoms with Crippen molar-refractivity contribution in [3.05, 3.63) is 60.0 Å². The SMILES string of the molecule is O=C(Nc1cc([N+](=O)[O-])ccc1F)c1nc(Cl)c(Cl)c(Cl)c1Cl. The minimum atomic E-state index is -0.963. The lowest BCUT2D eigenvalue weighted by Crippen LogP contribution is -2.16. The predicted octanol–water partition coefficient (Wildman–Crippen LogP) is 4.99. The van der Waals surface area contributed by atoms with E-state index in [1.807, 2.05) is 0 Å². The third-order valence-electron chi connectivity index (χ3n) is 2.61. The van der Waals surface area contributed by atoms with Crippen molar-refractivity contribution in [1.29, 1.82) is 0 Å². The molecule has 0 aliphatic rings. The van der Waals surface area contributed by atoms with Gasteiger partial charge in [0.1, 0.15) is 16.7 Å². The minimum absolute atomic E-state index is 0.142. The molecule has 0 saturated heterocycles. The summed E-state index contributed by atoms with van der Waals surface area (Å²) >= 11 is 23.1. The van der Waals surface area contributed by atoms with Gasteiger partial charge in [0.25, 0.3) is 11.6 Å². The molecule has 1 aromatic carbocycles. The van der Waals surface area contributed by atoms with Gasteiger partial charge < -0.3 is 5.32 Å². The normalized spacial score (nSPS) is 10.5. The standard InChI is InChI=1S/C12H4Cl4FN3O3/c13-7-8(14)10(19-11(16)9(7)15)12(21)18-6-3-4(20(22)23)1-2-5(6)17/h1-3H,(H,18,21). The Bertz CT molecular complexity index is 832. The first-order valence-corrected chi connectivity index (χ1v) is 7.18. The Labute approximate surface area is 148 Å². The van der Waals surface area contributed by atoms with Crippen LogP contribution in [0.2, 0.25) is 20.2 Å². The van der Waals surface area contributed by atoms with Gasteiger partial charge in [-0.25, -0.2) is 9.37 Å². The summed E-state index contributed by atoms with van der Waals surface area (Å²) in [5, 5.41) is 11.9. The fourth-order valence-electron chi connectivity index (χ4n) is 1.54. The molecule has 2 aromatic rings. The molecule has 0 bridgehead atoms. The van der Waals surface area contributed by atoms with Gasteiger partial charge in [-0.3, -0.25) is 14.9 Å². The maximum Gasteiger partial charge on any atom is 0.276 e. The Morgan fingerprint density at radius 1 is 1.17 bits per heavy atom. The summed E-state index contributed by atoms with van der Waals surface area (Å²) in [5.74, 6) is -1.85. The van der Waals surface area contributed by atoms with Crippen molar-refractivity contribution >= 4 is 63.7 Å². The molecule has 0 spiro atoms. The summed E-state index contributed by atoms with van der Waals surface area (Å²) in [6, 6.07) is 2.64. The Kier molecular flexibility index (Phi) is 5.26. The molecule has 1 N–H and O–H groups in total. The van der Waals surface area contributed by atoms with Gasteiger partial charge in [-0.05, 0) is 6.07 Å². The van der Waals surface area contributed by atoms with E-state index in [0.717, 1.165) is 18.2 Å². The van der Waals surface area contributed by atoms with Gasteiger partial charge in [-0.1, -0.05) is 46.4 Å². The van der Waals surface area contributed by atoms with E-state index in [9.17, 15) is 19.3 Å². The predicted molar refractivity (Wildman–Crippen MR) is 85.3 cm³/mol. The van der Waals surface area contributed by atoms with Crippen LogP contribution in [-0.4, -0.2) is 15.8 Å². The van der Waals surface area contributed by atoms with E-state index < -0.39 is 33.7 Å². The number of halogens is 5. The first kappa shape index (κ1) is 17.7. The van der Waals surface area contributed by atoms with Gasteiger partial charge in [0.15, 0.2) is 0 Å². The van der Waals surface area contributed by atoms with Gasteiger partial charge in [0.2, 0.25) is 0 Å². The molecule has 1 heterocycles. The number of nitro groups is 1. The number of aromatic nitrogens is 1. The zero-order chi connectivity index (χ0) is 17.3. The van der Waals surface area contributed by atoms with Gasteiger partial charge in [-0.15, -0.1) is 0 Å². The number of non-ortho nitro benzene ring substituents is 1. The van der Waals surface area contributed by atoms with E-state index >= 15 is 0 Å². The first-order chi connectivity index (χ1) is 10.7. The van der Waals surface area contributed by atoms with Crippen molar-refractivity contribution in [2.75, 3.05) is 5.32 Å². The van der Waals surface area contributed by atoms with Crippen LogP contribution in [0.15, 0.2) is 18.2 Å². The highest BCUT2D eigenvalue weighted by Crippen LogP contribution is 2.36. The third kappa shape index (κ3) is 3.64. The van der Waals surface area contributed by atoms with Crippen LogP contribution < -0.4 is 5.32 Å². The topological polar surface area (TPSA) is 85.1 Å². The highest BCUT2D eigenvalue weighted by atomic mass is 35.5. The molecule has 120 valence electrons. The van der Waals surface area contributed by atoms with Crippen LogP contribution in [0, 0.1) is 15.9 Å². The Morgan fingerprint density at radius 3 is 2.43 bits per heavy atom. The Balaban J connectivity index is 2.41. The summed E-state index contributed by atoms with van der Waals surface area (Å²) < 4.78 is 13.7. The van der Waals surface area contributed by atoms with Crippen molar-refractivity contribution in [1.82, 2.24) is 4.98 Å². The number of hydrogen-bond acceptors (Lipinski definition) is 4. The van der Waals surface area contributed by atoms with Crippen molar-refractivity contribution in [2.24, 2.45) is 0 Å². The number of anilines is 1. The maximum absolute atomic E-state index is 13.7. The molecule has 0 unspecified atom stereocenters. The minimum Gasteiger partial charge on any atom is -0.318 e. The van der Waals surface area contributed by atoms with Crippen molar-refractivity contribution < 1.29 is 14.1 Å². The lowest BCUT2D eigenvalue weighted by molar-refractivity contribution is -0.384. The Hall–Kier alpha value is -1.67. The zero-order valence-corrected chi connectivity index (χ0v) is 13.8. The second-order valence-electron chi connectivity index (χ2n) is 4.07. The molecular weight excluding hydrogens is 395 g/mol. The molecule has 2 rings (SSSR count). The summed E-state index contributed by atoms with van der Waals surface area (Å²) in [6.45, 7) is 0. The second kappa shape index (κ2) is 6.84. The van der Waals surface area contributed by atoms with Gasteiger partial charge in [0.05, 0.1) is 25.7 Å². The maximum atomic E-state index is 13.7. The van der Waals surface area contributed by atoms with E-state index in [1.54, 1.807) is 0 Å². The lowest BCUT2D eigenvalue weighted by Gasteiger charge is -2.09. The van der Waals surface area contributed by atoms with E-state index in [4.69, 9.17) is 46.4 Å². The molecule has 0 radical (unpaired) electrons. The number of nitro benzene ring substituents is 1. The fourth-order valence-corrected chi connectivity index (χ4v) is 2.36. The molecule has 0 aliphatic carbocycles. The smallest absolute Gasteiger partial charge is 0.276 e. The number of amides is 1. The van der Waals surface area contributed by atoms with E-state index in [0.29, 0.717) is 0 Å². The molecule has 0 aliphatic heterocycles. The molecule has 1 aromatic heterocycles. The van der Waals surface area contributed by atoms with E-state index in [1.165, 1.54) is 0 Å². The molecule has 0 saturated carbocycles. The number of rotatable bonds is 3. The number of hydrogen-bond donors (Lipinski definition) is 1. The number of benzene rings is 1. The number of nitrogens with zero attached hydrogens (tertiary/aromatic N) is 2. The lowest BCUT2D eigenvalue weighted by atomic mass is 10.2. The third-order valence-corrected chi connectivity index (χ3v) is 4.29. The van der Waals surface area contributed by atoms with E-state index in [2.05, 4.69) is 10.3 Å². The van der Waals surface area contributed by atoms with Crippen LogP contribution in [0.1, 0.15) is 10.5 Å². The molecule has 1 amide bonds. The molecule has 6 nitrogen and oxygen atoms in total. The Morgan fingerprint density at radius 2 is 1.83 bits per heavy atom. The van der Waals surface area contributed by atoms with Crippen molar-refractivity contribution in [2.45, 2.75) is 0 Å². The monoisotopic (exact) mass is 397 g/mol. The highest BCUT2D eigenvalue weighted by Gasteiger charge is 2.22. The summed E-state index contributed by atoms with van der Waals surface area (Å²) in [4.78, 5) is 25.7. The quantitative estimate of drug-likeness (QED) is 0.448. The van der Waals surface area contributed by atoms with Crippen LogP contribution in [0.4, 0.5) is 15.8 Å². The van der Waals surface area contributed by atoms with Crippen LogP contribution in [0.3, 0.4) is 0 Å². The number of carbonyl (C=O) groups excluding carboxylic acids is 1. The summed E-state index contributed by atoms with van der Waals surface area (Å²) in [6.07, 6.45) is 0. The number of carbonyl (C=O) groups is 1. The van der Waals surface area contributed by atoms with Gasteiger partial charge >= 0.3 is 0 Å².